The predicted octanol–water partition coefficient (Wildman–Crippen LogP) is 1.70. The van der Waals surface area contributed by atoms with Gasteiger partial charge in [-0.05, 0) is 37.1 Å². The van der Waals surface area contributed by atoms with Crippen LogP contribution < -0.4 is 11.1 Å². The van der Waals surface area contributed by atoms with Gasteiger partial charge in [-0.1, -0.05) is 24.0 Å². The van der Waals surface area contributed by atoms with Gasteiger partial charge >= 0.3 is 0 Å². The minimum atomic E-state index is -1.08. The van der Waals surface area contributed by atoms with Crippen molar-refractivity contribution in [1.82, 2.24) is 10.3 Å². The molecule has 0 saturated heterocycles. The molecule has 116 valence electrons. The molecule has 2 heterocycles. The molecule has 0 fully saturated rings. The van der Waals surface area contributed by atoms with Gasteiger partial charge in [0.2, 0.25) is 0 Å². The normalized spacial score (nSPS) is 13.1. The van der Waals surface area contributed by atoms with Gasteiger partial charge in [-0.25, -0.2) is 4.98 Å². The van der Waals surface area contributed by atoms with E-state index in [0.29, 0.717) is 23.5 Å². The Labute approximate surface area is 134 Å². The molecule has 0 radical (unpaired) electrons. The number of fused-ring (bicyclic) bond motifs is 1. The molecule has 4 N–H and O–H groups in total. The molecule has 1 aromatic carbocycles. The van der Waals surface area contributed by atoms with Crippen LogP contribution >= 0.6 is 0 Å². The topological polar surface area (TPSA) is 88.2 Å². The third-order valence-electron chi connectivity index (χ3n) is 3.54. The highest BCUT2D eigenvalue weighted by atomic mass is 16.3. The Morgan fingerprint density at radius 3 is 2.83 bits per heavy atom. The Hall–Kier alpha value is -2.84. The van der Waals surface area contributed by atoms with Crippen LogP contribution in [0.1, 0.15) is 35.3 Å². The highest BCUT2D eigenvalue weighted by Crippen LogP contribution is 2.28. The van der Waals surface area contributed by atoms with E-state index in [1.54, 1.807) is 20.0 Å². The highest BCUT2D eigenvalue weighted by molar-refractivity contribution is 5.99. The van der Waals surface area contributed by atoms with Gasteiger partial charge in [-0.15, -0.1) is 0 Å². The number of pyridine rings is 1. The maximum Gasteiger partial charge on any atom is 0.251 e. The molecule has 1 aromatic heterocycles. The van der Waals surface area contributed by atoms with Crippen LogP contribution in [-0.2, 0) is 6.54 Å². The van der Waals surface area contributed by atoms with E-state index >= 15 is 0 Å². The van der Waals surface area contributed by atoms with Crippen molar-refractivity contribution >= 4 is 11.7 Å². The van der Waals surface area contributed by atoms with Crippen LogP contribution in [0.25, 0.3) is 11.1 Å². The van der Waals surface area contributed by atoms with Crippen molar-refractivity contribution in [2.45, 2.75) is 26.0 Å². The lowest BCUT2D eigenvalue weighted by molar-refractivity contribution is 0.0965. The number of amides is 1. The van der Waals surface area contributed by atoms with Gasteiger partial charge in [0.1, 0.15) is 11.4 Å². The average molecular weight is 307 g/mol. The molecule has 1 aliphatic rings. The number of nitrogens with zero attached hydrogens (tertiary/aromatic N) is 1. The van der Waals surface area contributed by atoms with Gasteiger partial charge in [0.25, 0.3) is 5.91 Å². The summed E-state index contributed by atoms with van der Waals surface area (Å²) in [6.45, 7) is 3.79. The Bertz CT molecular complexity index is 855. The van der Waals surface area contributed by atoms with Crippen LogP contribution in [0.15, 0.2) is 30.5 Å². The number of rotatable bonds is 1. The van der Waals surface area contributed by atoms with Crippen molar-refractivity contribution in [3.63, 3.8) is 0 Å². The molecule has 0 aliphatic carbocycles. The van der Waals surface area contributed by atoms with Gasteiger partial charge in [0, 0.05) is 29.4 Å². The number of aliphatic hydroxyl groups is 1. The number of hydrogen-bond donors (Lipinski definition) is 3. The lowest BCUT2D eigenvalue weighted by Crippen LogP contribution is -2.14. The summed E-state index contributed by atoms with van der Waals surface area (Å²) >= 11 is 0. The number of hydrogen-bond acceptors (Lipinski definition) is 4. The molecule has 1 aliphatic heterocycles. The quantitative estimate of drug-likeness (QED) is 0.700. The molecule has 1 amide bonds. The van der Waals surface area contributed by atoms with E-state index in [9.17, 15) is 9.90 Å². The summed E-state index contributed by atoms with van der Waals surface area (Å²) in [6, 6.07) is 7.46. The number of nitrogen functional groups attached to an aromatic ring is 1. The summed E-state index contributed by atoms with van der Waals surface area (Å²) in [4.78, 5) is 16.0. The van der Waals surface area contributed by atoms with Gasteiger partial charge < -0.3 is 16.2 Å². The van der Waals surface area contributed by atoms with Gasteiger partial charge in [-0.3, -0.25) is 4.79 Å². The molecular weight excluding hydrogens is 290 g/mol. The van der Waals surface area contributed by atoms with Crippen LogP contribution in [0.5, 0.6) is 0 Å². The Kier molecular flexibility index (Phi) is 3.55. The van der Waals surface area contributed by atoms with E-state index < -0.39 is 5.60 Å². The van der Waals surface area contributed by atoms with E-state index in [4.69, 9.17) is 5.73 Å². The molecular formula is C18H17N3O2. The number of anilines is 1. The number of nitrogens with one attached hydrogen (secondary N) is 1. The van der Waals surface area contributed by atoms with Gasteiger partial charge in [0.05, 0.1) is 0 Å². The summed E-state index contributed by atoms with van der Waals surface area (Å²) in [5.41, 5.74) is 8.72. The molecule has 0 unspecified atom stereocenters. The zero-order valence-corrected chi connectivity index (χ0v) is 13.0. The molecule has 0 atom stereocenters. The second-order valence-electron chi connectivity index (χ2n) is 6.02. The summed E-state index contributed by atoms with van der Waals surface area (Å²) < 4.78 is 0. The minimum absolute atomic E-state index is 0.0774. The van der Waals surface area contributed by atoms with Crippen LogP contribution in [-0.4, -0.2) is 21.6 Å². The fourth-order valence-electron chi connectivity index (χ4n) is 2.38. The zero-order valence-electron chi connectivity index (χ0n) is 13.0. The number of carbonyl (C=O) groups is 1. The molecule has 5 nitrogen and oxygen atoms in total. The number of carbonyl (C=O) groups excluding carboxylic acids is 1. The standard InChI is InChI=1S/C18H17N3O2/c1-18(2,23)6-5-11-7-14(16(19)20-9-11)12-3-4-13-10-21-17(22)15(13)8-12/h3-4,7-9,23H,10H2,1-2H3,(H2,19,20)(H,21,22). The molecule has 0 bridgehead atoms. The lowest BCUT2D eigenvalue weighted by atomic mass is 9.99. The van der Waals surface area contributed by atoms with E-state index in [2.05, 4.69) is 22.1 Å². The highest BCUT2D eigenvalue weighted by Gasteiger charge is 2.19. The summed E-state index contributed by atoms with van der Waals surface area (Å²) in [5, 5.41) is 12.5. The van der Waals surface area contributed by atoms with Gasteiger partial charge in [0.15, 0.2) is 0 Å². The van der Waals surface area contributed by atoms with Crippen LogP contribution in [0.2, 0.25) is 0 Å². The van der Waals surface area contributed by atoms with Crippen LogP contribution in [0.4, 0.5) is 5.82 Å². The first kappa shape index (κ1) is 15.1. The van der Waals surface area contributed by atoms with E-state index in [1.165, 1.54) is 0 Å². The van der Waals surface area contributed by atoms with Crippen LogP contribution in [0, 0.1) is 11.8 Å². The molecule has 0 saturated carbocycles. The van der Waals surface area contributed by atoms with Crippen LogP contribution in [0.3, 0.4) is 0 Å². The third kappa shape index (κ3) is 3.17. The first-order valence-corrected chi connectivity index (χ1v) is 7.26. The largest absolute Gasteiger partial charge is 0.383 e. The number of benzene rings is 1. The fraction of sp³-hybridized carbons (Fsp3) is 0.222. The molecule has 2 aromatic rings. The summed E-state index contributed by atoms with van der Waals surface area (Å²) in [5.74, 6) is 5.93. The number of nitrogens with two attached hydrogens (primary N) is 1. The predicted molar refractivity (Wildman–Crippen MR) is 88.4 cm³/mol. The maximum absolute atomic E-state index is 11.8. The van der Waals surface area contributed by atoms with Crippen molar-refractivity contribution in [3.05, 3.63) is 47.2 Å². The Morgan fingerprint density at radius 2 is 2.09 bits per heavy atom. The van der Waals surface area contributed by atoms with E-state index in [0.717, 1.165) is 16.7 Å². The van der Waals surface area contributed by atoms with E-state index in [1.807, 2.05) is 24.3 Å². The molecule has 5 heteroatoms. The number of aromatic nitrogens is 1. The van der Waals surface area contributed by atoms with Crippen molar-refractivity contribution < 1.29 is 9.90 Å². The third-order valence-corrected chi connectivity index (χ3v) is 3.54. The van der Waals surface area contributed by atoms with Crippen molar-refractivity contribution in [1.29, 1.82) is 0 Å². The monoisotopic (exact) mass is 307 g/mol. The smallest absolute Gasteiger partial charge is 0.251 e. The lowest BCUT2D eigenvalue weighted by Gasteiger charge is -2.08. The van der Waals surface area contributed by atoms with Crippen molar-refractivity contribution in [3.8, 4) is 23.0 Å². The summed E-state index contributed by atoms with van der Waals surface area (Å²) in [6.07, 6.45) is 1.57. The molecule has 23 heavy (non-hydrogen) atoms. The second-order valence-corrected chi connectivity index (χ2v) is 6.02. The second kappa shape index (κ2) is 5.41. The van der Waals surface area contributed by atoms with Gasteiger partial charge in [-0.2, -0.15) is 0 Å². The SMILES string of the molecule is CC(C)(O)C#Cc1cnc(N)c(-c2ccc3c(c2)C(=O)NC3)c1. The maximum atomic E-state index is 11.8. The fourth-order valence-corrected chi connectivity index (χ4v) is 2.38. The van der Waals surface area contributed by atoms with Crippen molar-refractivity contribution in [2.24, 2.45) is 0 Å². The first-order valence-electron chi connectivity index (χ1n) is 7.26. The first-order chi connectivity index (χ1) is 10.8. The Morgan fingerprint density at radius 1 is 1.30 bits per heavy atom. The molecule has 3 rings (SSSR count). The summed E-state index contributed by atoms with van der Waals surface area (Å²) in [7, 11) is 0. The average Bonchev–Trinajstić information content (AvgIpc) is 2.86. The van der Waals surface area contributed by atoms with E-state index in [-0.39, 0.29) is 5.91 Å². The Balaban J connectivity index is 2.04. The van der Waals surface area contributed by atoms with Crippen molar-refractivity contribution in [2.75, 3.05) is 5.73 Å². The zero-order chi connectivity index (χ0) is 16.6. The molecule has 0 spiro atoms. The minimum Gasteiger partial charge on any atom is -0.383 e.